The average Bonchev–Trinajstić information content (AvgIpc) is 3.58. The van der Waals surface area contributed by atoms with Crippen LogP contribution in [0.1, 0.15) is 46.9 Å². The summed E-state index contributed by atoms with van der Waals surface area (Å²) in [5.41, 5.74) is 7.52. The number of carbonyl (C=O) groups is 1. The molecule has 1 aromatic carbocycles. The predicted octanol–water partition coefficient (Wildman–Crippen LogP) is 5.23. The van der Waals surface area contributed by atoms with Gasteiger partial charge in [0.2, 0.25) is 0 Å². The highest BCUT2D eigenvalue weighted by atomic mass is 19.4. The predicted molar refractivity (Wildman–Crippen MR) is 117 cm³/mol. The van der Waals surface area contributed by atoms with Crippen LogP contribution in [0.2, 0.25) is 0 Å². The first-order valence-corrected chi connectivity index (χ1v) is 10.6. The Balaban J connectivity index is 1.61. The van der Waals surface area contributed by atoms with E-state index in [-0.39, 0.29) is 12.5 Å². The number of carbonyl (C=O) groups excluding carboxylic acids is 1. The van der Waals surface area contributed by atoms with Crippen LogP contribution in [0.3, 0.4) is 0 Å². The molecule has 1 aliphatic carbocycles. The zero-order chi connectivity index (χ0) is 23.0. The van der Waals surface area contributed by atoms with Gasteiger partial charge in [-0.25, -0.2) is 4.98 Å². The van der Waals surface area contributed by atoms with E-state index in [0.717, 1.165) is 36.1 Å². The van der Waals surface area contributed by atoms with Crippen molar-refractivity contribution in [3.8, 4) is 0 Å². The number of amides is 1. The molecule has 5 nitrogen and oxygen atoms in total. The van der Waals surface area contributed by atoms with Gasteiger partial charge in [-0.05, 0) is 73.6 Å². The van der Waals surface area contributed by atoms with Crippen LogP contribution in [0.25, 0.3) is 10.9 Å². The van der Waals surface area contributed by atoms with Crippen LogP contribution >= 0.6 is 0 Å². The van der Waals surface area contributed by atoms with Crippen molar-refractivity contribution in [2.24, 2.45) is 11.8 Å². The number of nitrogen functional groups attached to an aromatic ring is 1. The number of hydrogen-bond donors (Lipinski definition) is 1. The van der Waals surface area contributed by atoms with Gasteiger partial charge in [-0.2, -0.15) is 13.2 Å². The Labute approximate surface area is 184 Å². The molecule has 1 atom stereocenters. The van der Waals surface area contributed by atoms with Crippen LogP contribution < -0.4 is 5.73 Å². The van der Waals surface area contributed by atoms with Gasteiger partial charge in [0.25, 0.3) is 5.91 Å². The number of aryl methyl sites for hydroxylation is 1. The second kappa shape index (κ2) is 8.41. The van der Waals surface area contributed by atoms with Gasteiger partial charge in [0.15, 0.2) is 0 Å². The molecule has 2 aromatic heterocycles. The molecule has 0 unspecified atom stereocenters. The van der Waals surface area contributed by atoms with Crippen LogP contribution in [0, 0.1) is 18.8 Å². The van der Waals surface area contributed by atoms with E-state index in [0.29, 0.717) is 41.0 Å². The third-order valence-corrected chi connectivity index (χ3v) is 6.02. The van der Waals surface area contributed by atoms with Crippen molar-refractivity contribution in [3.63, 3.8) is 0 Å². The molecule has 1 saturated carbocycles. The Morgan fingerprint density at radius 2 is 1.97 bits per heavy atom. The van der Waals surface area contributed by atoms with Crippen LogP contribution in [0.5, 0.6) is 0 Å². The lowest BCUT2D eigenvalue weighted by Gasteiger charge is -2.26. The fourth-order valence-electron chi connectivity index (χ4n) is 3.88. The Morgan fingerprint density at radius 1 is 1.22 bits per heavy atom. The Hall–Kier alpha value is -3.16. The molecule has 0 radical (unpaired) electrons. The van der Waals surface area contributed by atoms with E-state index in [2.05, 4.69) is 16.9 Å². The van der Waals surface area contributed by atoms with Crippen molar-refractivity contribution in [2.75, 3.05) is 12.3 Å². The number of benzene rings is 1. The number of fused-ring (bicyclic) bond motifs is 1. The van der Waals surface area contributed by atoms with Gasteiger partial charge < -0.3 is 10.6 Å². The molecule has 1 amide bonds. The number of nitrogens with zero attached hydrogens (tertiary/aromatic N) is 3. The van der Waals surface area contributed by atoms with E-state index in [1.807, 2.05) is 13.0 Å². The van der Waals surface area contributed by atoms with Gasteiger partial charge in [-0.15, -0.1) is 0 Å². The van der Waals surface area contributed by atoms with Gasteiger partial charge >= 0.3 is 6.18 Å². The molecule has 1 fully saturated rings. The van der Waals surface area contributed by atoms with E-state index in [1.165, 1.54) is 6.07 Å². The van der Waals surface area contributed by atoms with Crippen LogP contribution in [0.4, 0.5) is 19.0 Å². The van der Waals surface area contributed by atoms with Crippen LogP contribution in [-0.2, 0) is 12.7 Å². The number of nitrogens with two attached hydrogens (primary N) is 1. The maximum Gasteiger partial charge on any atom is 0.417 e. The summed E-state index contributed by atoms with van der Waals surface area (Å²) < 4.78 is 38.6. The summed E-state index contributed by atoms with van der Waals surface area (Å²) in [6.45, 7) is 4.62. The molecular formula is C24H25F3N4O. The lowest BCUT2D eigenvalue weighted by molar-refractivity contribution is -0.137. The normalized spacial score (nSPS) is 15.0. The summed E-state index contributed by atoms with van der Waals surface area (Å²) in [5, 5.41) is 0.811. The molecule has 168 valence electrons. The number of halogens is 3. The number of anilines is 1. The lowest BCUT2D eigenvalue weighted by atomic mass is 10.0. The van der Waals surface area contributed by atoms with E-state index in [9.17, 15) is 18.0 Å². The van der Waals surface area contributed by atoms with Crippen molar-refractivity contribution in [1.29, 1.82) is 0 Å². The minimum atomic E-state index is -4.44. The SMILES string of the molecule is Cc1cc2cc(C(=O)N(Cc3ccc(C(F)(F)F)cn3)C[C@H](C)C3CC3)ccc2nc1N. The maximum absolute atomic E-state index is 13.4. The standard InChI is InChI=1S/C24H25F3N4O/c1-14-9-18-10-17(5-8-21(18)30-22(14)28)23(32)31(12-15(2)16-3-4-16)13-20-7-6-19(11-29-20)24(25,26)27/h5-11,15-16H,3-4,12-13H2,1-2H3,(H2,28,30)/t15-/m0/s1. The first-order chi connectivity index (χ1) is 15.1. The monoisotopic (exact) mass is 442 g/mol. The van der Waals surface area contributed by atoms with Crippen molar-refractivity contribution < 1.29 is 18.0 Å². The molecule has 4 rings (SSSR count). The summed E-state index contributed by atoms with van der Waals surface area (Å²) in [7, 11) is 0. The highest BCUT2D eigenvalue weighted by Crippen LogP contribution is 2.37. The Morgan fingerprint density at radius 3 is 2.59 bits per heavy atom. The summed E-state index contributed by atoms with van der Waals surface area (Å²) in [5.74, 6) is 1.15. The summed E-state index contributed by atoms with van der Waals surface area (Å²) >= 11 is 0. The quantitative estimate of drug-likeness (QED) is 0.568. The van der Waals surface area contributed by atoms with Crippen molar-refractivity contribution >= 4 is 22.6 Å². The minimum absolute atomic E-state index is 0.144. The summed E-state index contributed by atoms with van der Waals surface area (Å²) in [6, 6.07) is 9.49. The molecule has 3 aromatic rings. The first kappa shape index (κ1) is 22.0. The first-order valence-electron chi connectivity index (χ1n) is 10.6. The lowest BCUT2D eigenvalue weighted by Crippen LogP contribution is -2.35. The van der Waals surface area contributed by atoms with Crippen LogP contribution in [-0.4, -0.2) is 27.3 Å². The van der Waals surface area contributed by atoms with E-state index < -0.39 is 11.7 Å². The maximum atomic E-state index is 13.4. The molecule has 1 aliphatic rings. The summed E-state index contributed by atoms with van der Waals surface area (Å²) in [6.07, 6.45) is -1.34. The van der Waals surface area contributed by atoms with Crippen molar-refractivity contribution in [3.05, 3.63) is 65.0 Å². The molecule has 0 saturated heterocycles. The molecule has 32 heavy (non-hydrogen) atoms. The molecule has 2 heterocycles. The van der Waals surface area contributed by atoms with E-state index in [1.54, 1.807) is 23.1 Å². The number of hydrogen-bond acceptors (Lipinski definition) is 4. The highest BCUT2D eigenvalue weighted by Gasteiger charge is 2.32. The summed E-state index contributed by atoms with van der Waals surface area (Å²) in [4.78, 5) is 23.4. The fraction of sp³-hybridized carbons (Fsp3) is 0.375. The van der Waals surface area contributed by atoms with Crippen molar-refractivity contribution in [2.45, 2.75) is 39.4 Å². The topological polar surface area (TPSA) is 72.1 Å². The molecule has 8 heteroatoms. The van der Waals surface area contributed by atoms with Gasteiger partial charge in [0.1, 0.15) is 5.82 Å². The minimum Gasteiger partial charge on any atom is -0.383 e. The molecule has 0 aliphatic heterocycles. The van der Waals surface area contributed by atoms with Gasteiger partial charge in [-0.1, -0.05) is 6.92 Å². The number of alkyl halides is 3. The van der Waals surface area contributed by atoms with E-state index in [4.69, 9.17) is 5.73 Å². The zero-order valence-electron chi connectivity index (χ0n) is 18.0. The molecule has 0 spiro atoms. The number of aromatic nitrogens is 2. The van der Waals surface area contributed by atoms with Gasteiger partial charge in [0, 0.05) is 23.7 Å². The van der Waals surface area contributed by atoms with Gasteiger partial charge in [0.05, 0.1) is 23.3 Å². The Bertz CT molecular complexity index is 1140. The third kappa shape index (κ3) is 4.84. The molecule has 0 bridgehead atoms. The fourth-order valence-corrected chi connectivity index (χ4v) is 3.88. The van der Waals surface area contributed by atoms with Crippen molar-refractivity contribution in [1.82, 2.24) is 14.9 Å². The number of rotatable bonds is 6. The molecule has 2 N–H and O–H groups in total. The third-order valence-electron chi connectivity index (χ3n) is 6.02. The molecular weight excluding hydrogens is 417 g/mol. The zero-order valence-corrected chi connectivity index (χ0v) is 18.0. The highest BCUT2D eigenvalue weighted by molar-refractivity contribution is 5.98. The second-order valence-electron chi connectivity index (χ2n) is 8.63. The Kier molecular flexibility index (Phi) is 5.79. The van der Waals surface area contributed by atoms with Crippen LogP contribution in [0.15, 0.2) is 42.6 Å². The van der Waals surface area contributed by atoms with E-state index >= 15 is 0 Å². The van der Waals surface area contributed by atoms with Gasteiger partial charge in [-0.3, -0.25) is 9.78 Å². The number of pyridine rings is 2. The second-order valence-corrected chi connectivity index (χ2v) is 8.63. The average molecular weight is 442 g/mol. The smallest absolute Gasteiger partial charge is 0.383 e. The largest absolute Gasteiger partial charge is 0.417 e.